The van der Waals surface area contributed by atoms with Crippen LogP contribution in [0.3, 0.4) is 0 Å². The van der Waals surface area contributed by atoms with Crippen molar-refractivity contribution in [2.45, 2.75) is 79.8 Å². The molecule has 0 fully saturated rings. The number of rotatable bonds is 7. The molecule has 1 atom stereocenters. The SMILES string of the molecule is CCC(C)(C)CCC(O)CC(C)(C)CC. The van der Waals surface area contributed by atoms with Gasteiger partial charge in [0.15, 0.2) is 0 Å². The molecule has 0 spiro atoms. The molecule has 0 aliphatic heterocycles. The third kappa shape index (κ3) is 6.94. The van der Waals surface area contributed by atoms with Gasteiger partial charge in [0.05, 0.1) is 6.10 Å². The van der Waals surface area contributed by atoms with E-state index in [4.69, 9.17) is 0 Å². The zero-order valence-electron chi connectivity index (χ0n) is 11.6. The number of hydrogen-bond acceptors (Lipinski definition) is 1. The minimum absolute atomic E-state index is 0.120. The Morgan fingerprint density at radius 2 is 1.40 bits per heavy atom. The molecular formula is C14H30O. The van der Waals surface area contributed by atoms with E-state index in [1.807, 2.05) is 0 Å². The Labute approximate surface area is 96.3 Å². The van der Waals surface area contributed by atoms with Crippen molar-refractivity contribution in [3.05, 3.63) is 0 Å². The van der Waals surface area contributed by atoms with Crippen molar-refractivity contribution in [2.24, 2.45) is 10.8 Å². The minimum atomic E-state index is -0.120. The van der Waals surface area contributed by atoms with Crippen LogP contribution in [0.15, 0.2) is 0 Å². The molecule has 1 heteroatoms. The molecule has 0 saturated carbocycles. The second kappa shape index (κ2) is 5.89. The predicted octanol–water partition coefficient (Wildman–Crippen LogP) is 4.39. The summed E-state index contributed by atoms with van der Waals surface area (Å²) in [6, 6.07) is 0. The van der Waals surface area contributed by atoms with E-state index in [0.717, 1.165) is 25.7 Å². The van der Waals surface area contributed by atoms with Crippen molar-refractivity contribution in [1.29, 1.82) is 0 Å². The van der Waals surface area contributed by atoms with E-state index in [1.54, 1.807) is 0 Å². The van der Waals surface area contributed by atoms with Gasteiger partial charge in [0.25, 0.3) is 0 Å². The average Bonchev–Trinajstić information content (AvgIpc) is 2.15. The first-order valence-electron chi connectivity index (χ1n) is 6.40. The summed E-state index contributed by atoms with van der Waals surface area (Å²) in [6.45, 7) is 13.5. The van der Waals surface area contributed by atoms with Gasteiger partial charge in [-0.15, -0.1) is 0 Å². The van der Waals surface area contributed by atoms with Gasteiger partial charge in [-0.05, 0) is 30.1 Å². The van der Waals surface area contributed by atoms with Crippen LogP contribution in [0.5, 0.6) is 0 Å². The first kappa shape index (κ1) is 15.0. The molecule has 0 saturated heterocycles. The maximum Gasteiger partial charge on any atom is 0.0545 e. The molecule has 15 heavy (non-hydrogen) atoms. The summed E-state index contributed by atoms with van der Waals surface area (Å²) < 4.78 is 0. The normalized spacial score (nSPS) is 15.4. The molecule has 0 aromatic heterocycles. The van der Waals surface area contributed by atoms with E-state index in [2.05, 4.69) is 41.5 Å². The molecule has 0 rings (SSSR count). The largest absolute Gasteiger partial charge is 0.393 e. The Hall–Kier alpha value is -0.0400. The molecule has 1 nitrogen and oxygen atoms in total. The molecule has 0 amide bonds. The zero-order chi connectivity index (χ0) is 12.1. The quantitative estimate of drug-likeness (QED) is 0.666. The summed E-state index contributed by atoms with van der Waals surface area (Å²) in [5.74, 6) is 0. The van der Waals surface area contributed by atoms with Crippen LogP contribution in [0, 0.1) is 10.8 Å². The Kier molecular flexibility index (Phi) is 5.87. The second-order valence-corrected chi connectivity index (χ2v) is 6.43. The fourth-order valence-electron chi connectivity index (χ4n) is 1.62. The van der Waals surface area contributed by atoms with Gasteiger partial charge < -0.3 is 5.11 Å². The molecule has 0 bridgehead atoms. The monoisotopic (exact) mass is 214 g/mol. The fourth-order valence-corrected chi connectivity index (χ4v) is 1.62. The first-order chi connectivity index (χ1) is 6.72. The van der Waals surface area contributed by atoms with E-state index in [1.165, 1.54) is 6.42 Å². The van der Waals surface area contributed by atoms with Gasteiger partial charge >= 0.3 is 0 Å². The van der Waals surface area contributed by atoms with Crippen LogP contribution in [0.2, 0.25) is 0 Å². The van der Waals surface area contributed by atoms with Crippen LogP contribution in [0.1, 0.15) is 73.6 Å². The Balaban J connectivity index is 3.90. The van der Waals surface area contributed by atoms with Crippen LogP contribution >= 0.6 is 0 Å². The van der Waals surface area contributed by atoms with Crippen LogP contribution in [-0.2, 0) is 0 Å². The summed E-state index contributed by atoms with van der Waals surface area (Å²) in [5, 5.41) is 9.97. The molecule has 1 unspecified atom stereocenters. The molecular weight excluding hydrogens is 184 g/mol. The molecule has 0 aliphatic carbocycles. The summed E-state index contributed by atoms with van der Waals surface area (Å²) in [5.41, 5.74) is 0.674. The summed E-state index contributed by atoms with van der Waals surface area (Å²) in [7, 11) is 0. The van der Waals surface area contributed by atoms with Crippen LogP contribution in [0.4, 0.5) is 0 Å². The third-order valence-corrected chi connectivity index (χ3v) is 3.86. The van der Waals surface area contributed by atoms with E-state index in [-0.39, 0.29) is 11.5 Å². The number of hydrogen-bond donors (Lipinski definition) is 1. The molecule has 1 N–H and O–H groups in total. The Bertz CT molecular complexity index is 170. The first-order valence-corrected chi connectivity index (χ1v) is 6.40. The van der Waals surface area contributed by atoms with Gasteiger partial charge in [0, 0.05) is 0 Å². The highest BCUT2D eigenvalue weighted by atomic mass is 16.3. The van der Waals surface area contributed by atoms with Crippen molar-refractivity contribution in [3.8, 4) is 0 Å². The van der Waals surface area contributed by atoms with Gasteiger partial charge in [-0.3, -0.25) is 0 Å². The Morgan fingerprint density at radius 1 is 0.933 bits per heavy atom. The van der Waals surface area contributed by atoms with E-state index in [9.17, 15) is 5.11 Å². The summed E-state index contributed by atoms with van der Waals surface area (Å²) in [4.78, 5) is 0. The van der Waals surface area contributed by atoms with Gasteiger partial charge in [-0.1, -0.05) is 54.4 Å². The van der Waals surface area contributed by atoms with Crippen molar-refractivity contribution in [1.82, 2.24) is 0 Å². The Morgan fingerprint density at radius 3 is 1.80 bits per heavy atom. The van der Waals surface area contributed by atoms with Gasteiger partial charge in [-0.25, -0.2) is 0 Å². The van der Waals surface area contributed by atoms with Crippen molar-refractivity contribution >= 4 is 0 Å². The summed E-state index contributed by atoms with van der Waals surface area (Å²) >= 11 is 0. The predicted molar refractivity (Wildman–Crippen MR) is 68.0 cm³/mol. The van der Waals surface area contributed by atoms with Gasteiger partial charge in [0.1, 0.15) is 0 Å². The lowest BCUT2D eigenvalue weighted by atomic mass is 9.79. The lowest BCUT2D eigenvalue weighted by molar-refractivity contribution is 0.0897. The topological polar surface area (TPSA) is 20.2 Å². The second-order valence-electron chi connectivity index (χ2n) is 6.43. The highest BCUT2D eigenvalue weighted by Crippen LogP contribution is 2.31. The molecule has 0 aromatic rings. The maximum atomic E-state index is 9.97. The van der Waals surface area contributed by atoms with E-state index < -0.39 is 0 Å². The van der Waals surface area contributed by atoms with Crippen molar-refractivity contribution in [2.75, 3.05) is 0 Å². The minimum Gasteiger partial charge on any atom is -0.393 e. The molecule has 0 aliphatic rings. The highest BCUT2D eigenvalue weighted by Gasteiger charge is 2.22. The fraction of sp³-hybridized carbons (Fsp3) is 1.00. The lowest BCUT2D eigenvalue weighted by Gasteiger charge is -2.28. The van der Waals surface area contributed by atoms with Gasteiger partial charge in [0.2, 0.25) is 0 Å². The smallest absolute Gasteiger partial charge is 0.0545 e. The molecule has 0 heterocycles. The van der Waals surface area contributed by atoms with Crippen LogP contribution in [-0.4, -0.2) is 11.2 Å². The van der Waals surface area contributed by atoms with Crippen molar-refractivity contribution in [3.63, 3.8) is 0 Å². The van der Waals surface area contributed by atoms with E-state index in [0.29, 0.717) is 5.41 Å². The maximum absolute atomic E-state index is 9.97. The highest BCUT2D eigenvalue weighted by molar-refractivity contribution is 4.74. The number of aliphatic hydroxyl groups excluding tert-OH is 1. The zero-order valence-corrected chi connectivity index (χ0v) is 11.6. The van der Waals surface area contributed by atoms with E-state index >= 15 is 0 Å². The standard InChI is InChI=1S/C14H30O/c1-7-13(3,4)10-9-12(15)11-14(5,6)8-2/h12,15H,7-11H2,1-6H3. The molecule has 0 radical (unpaired) electrons. The van der Waals surface area contributed by atoms with Crippen LogP contribution < -0.4 is 0 Å². The lowest BCUT2D eigenvalue weighted by Crippen LogP contribution is -2.22. The van der Waals surface area contributed by atoms with Crippen molar-refractivity contribution < 1.29 is 5.11 Å². The average molecular weight is 214 g/mol. The van der Waals surface area contributed by atoms with Crippen LogP contribution in [0.25, 0.3) is 0 Å². The third-order valence-electron chi connectivity index (χ3n) is 3.86. The molecule has 0 aromatic carbocycles. The molecule has 92 valence electrons. The summed E-state index contributed by atoms with van der Waals surface area (Å²) in [6.07, 6.45) is 5.22. The number of aliphatic hydroxyl groups is 1. The van der Waals surface area contributed by atoms with Gasteiger partial charge in [-0.2, -0.15) is 0 Å².